The summed E-state index contributed by atoms with van der Waals surface area (Å²) in [6.07, 6.45) is 4.49. The van der Waals surface area contributed by atoms with Crippen LogP contribution in [0.3, 0.4) is 0 Å². The summed E-state index contributed by atoms with van der Waals surface area (Å²) in [6, 6.07) is 2.06. The predicted molar refractivity (Wildman–Crippen MR) is 88.7 cm³/mol. The Morgan fingerprint density at radius 2 is 2.09 bits per heavy atom. The fourth-order valence-electron chi connectivity index (χ4n) is 3.08. The van der Waals surface area contributed by atoms with Crippen molar-refractivity contribution in [3.8, 4) is 0 Å². The highest BCUT2D eigenvalue weighted by atomic mass is 35.5. The highest BCUT2D eigenvalue weighted by Gasteiger charge is 2.26. The van der Waals surface area contributed by atoms with Gasteiger partial charge in [0.25, 0.3) is 0 Å². The summed E-state index contributed by atoms with van der Waals surface area (Å²) in [4.78, 5) is 20.7. The minimum absolute atomic E-state index is 0.245. The van der Waals surface area contributed by atoms with E-state index in [1.54, 1.807) is 12.3 Å². The number of hydrogen-bond acceptors (Lipinski definition) is 4. The van der Waals surface area contributed by atoms with Crippen molar-refractivity contribution < 1.29 is 4.79 Å². The quantitative estimate of drug-likeness (QED) is 0.914. The average Bonchev–Trinajstić information content (AvgIpc) is 3.00. The minimum Gasteiger partial charge on any atom is -0.352 e. The van der Waals surface area contributed by atoms with Crippen LogP contribution in [0.1, 0.15) is 19.3 Å². The van der Waals surface area contributed by atoms with Crippen molar-refractivity contribution in [1.82, 2.24) is 15.2 Å². The van der Waals surface area contributed by atoms with E-state index in [0.717, 1.165) is 31.9 Å². The maximum Gasteiger partial charge on any atom is 0.224 e. The molecule has 3 heterocycles. The summed E-state index contributed by atoms with van der Waals surface area (Å²) in [5.41, 5.74) is 0. The number of nitrogens with zero attached hydrogens (tertiary/aromatic N) is 3. The first-order chi connectivity index (χ1) is 10.6. The molecule has 2 saturated heterocycles. The van der Waals surface area contributed by atoms with Crippen LogP contribution in [0, 0.1) is 0 Å². The number of piperazine rings is 1. The monoisotopic (exact) mass is 342 g/mol. The molecule has 2 aliphatic heterocycles. The number of pyridine rings is 1. The first kappa shape index (κ1) is 15.8. The minimum atomic E-state index is 0.245. The van der Waals surface area contributed by atoms with Crippen molar-refractivity contribution in [2.24, 2.45) is 0 Å². The number of rotatable bonds is 3. The van der Waals surface area contributed by atoms with Crippen LogP contribution in [0.5, 0.6) is 0 Å². The first-order valence-electron chi connectivity index (χ1n) is 7.70. The summed E-state index contributed by atoms with van der Waals surface area (Å²) < 4.78 is 0. The lowest BCUT2D eigenvalue weighted by atomic mass is 10.1. The molecule has 0 saturated carbocycles. The van der Waals surface area contributed by atoms with Crippen molar-refractivity contribution in [3.63, 3.8) is 0 Å². The number of carbonyl (C=O) groups is 1. The van der Waals surface area contributed by atoms with E-state index in [2.05, 4.69) is 15.2 Å². The summed E-state index contributed by atoms with van der Waals surface area (Å²) in [5, 5.41) is 4.47. The van der Waals surface area contributed by atoms with Crippen LogP contribution < -0.4 is 10.2 Å². The lowest BCUT2D eigenvalue weighted by Crippen LogP contribution is -2.50. The molecule has 2 aliphatic rings. The maximum absolute atomic E-state index is 12.3. The molecule has 1 N–H and O–H groups in total. The molecule has 1 atom stereocenters. The van der Waals surface area contributed by atoms with E-state index < -0.39 is 0 Å². The Labute approximate surface area is 140 Å². The number of halogens is 2. The van der Waals surface area contributed by atoms with Crippen LogP contribution in [0.4, 0.5) is 5.82 Å². The number of anilines is 1. The van der Waals surface area contributed by atoms with Crippen molar-refractivity contribution in [2.75, 3.05) is 37.6 Å². The fraction of sp³-hybridized carbons (Fsp3) is 0.600. The molecule has 2 fully saturated rings. The van der Waals surface area contributed by atoms with E-state index in [-0.39, 0.29) is 5.91 Å². The molecule has 0 aliphatic carbocycles. The topological polar surface area (TPSA) is 48.5 Å². The molecule has 1 unspecified atom stereocenters. The van der Waals surface area contributed by atoms with E-state index in [9.17, 15) is 4.79 Å². The Morgan fingerprint density at radius 1 is 1.32 bits per heavy atom. The van der Waals surface area contributed by atoms with E-state index in [1.165, 1.54) is 6.42 Å². The molecule has 1 aromatic rings. The summed E-state index contributed by atoms with van der Waals surface area (Å²) in [5.74, 6) is 0.991. The smallest absolute Gasteiger partial charge is 0.224 e. The Kier molecular flexibility index (Phi) is 5.06. The van der Waals surface area contributed by atoms with E-state index in [1.807, 2.05) is 4.90 Å². The van der Waals surface area contributed by atoms with Gasteiger partial charge in [0.15, 0.2) is 0 Å². The molecule has 22 heavy (non-hydrogen) atoms. The third kappa shape index (κ3) is 3.65. The van der Waals surface area contributed by atoms with Crippen LogP contribution in [-0.2, 0) is 4.79 Å². The largest absolute Gasteiger partial charge is 0.352 e. The number of hydrogen-bond donors (Lipinski definition) is 1. The number of nitrogens with one attached hydrogen (secondary N) is 1. The summed E-state index contributed by atoms with van der Waals surface area (Å²) >= 11 is 12.1. The van der Waals surface area contributed by atoms with Gasteiger partial charge in [0.1, 0.15) is 5.82 Å². The van der Waals surface area contributed by atoms with Crippen molar-refractivity contribution >= 4 is 34.9 Å². The zero-order valence-electron chi connectivity index (χ0n) is 12.4. The summed E-state index contributed by atoms with van der Waals surface area (Å²) in [7, 11) is 0. The third-order valence-electron chi connectivity index (χ3n) is 4.30. The average molecular weight is 343 g/mol. The van der Waals surface area contributed by atoms with Gasteiger partial charge in [-0.05, 0) is 25.5 Å². The van der Waals surface area contributed by atoms with Gasteiger partial charge in [-0.3, -0.25) is 4.79 Å². The molecule has 120 valence electrons. The predicted octanol–water partition coefficient (Wildman–Crippen LogP) is 2.18. The van der Waals surface area contributed by atoms with Gasteiger partial charge in [0.2, 0.25) is 5.91 Å². The number of aromatic nitrogens is 1. The van der Waals surface area contributed by atoms with Crippen LogP contribution in [0.25, 0.3) is 0 Å². The van der Waals surface area contributed by atoms with Gasteiger partial charge in [-0.25, -0.2) is 4.98 Å². The van der Waals surface area contributed by atoms with Crippen LogP contribution >= 0.6 is 23.2 Å². The van der Waals surface area contributed by atoms with Crippen LogP contribution in [0.15, 0.2) is 12.3 Å². The zero-order valence-corrected chi connectivity index (χ0v) is 13.9. The number of amides is 1. The van der Waals surface area contributed by atoms with Gasteiger partial charge in [-0.1, -0.05) is 23.2 Å². The third-order valence-corrected chi connectivity index (χ3v) is 4.79. The summed E-state index contributed by atoms with van der Waals surface area (Å²) in [6.45, 7) is 3.96. The van der Waals surface area contributed by atoms with Crippen molar-refractivity contribution in [3.05, 3.63) is 22.3 Å². The highest BCUT2D eigenvalue weighted by Crippen LogP contribution is 2.26. The highest BCUT2D eigenvalue weighted by molar-refractivity contribution is 6.36. The normalized spacial score (nSPS) is 22.2. The second-order valence-corrected chi connectivity index (χ2v) is 6.67. The Balaban J connectivity index is 1.54. The van der Waals surface area contributed by atoms with Gasteiger partial charge < -0.3 is 15.1 Å². The first-order valence-corrected chi connectivity index (χ1v) is 8.46. The van der Waals surface area contributed by atoms with Gasteiger partial charge in [-0.15, -0.1) is 0 Å². The van der Waals surface area contributed by atoms with Gasteiger partial charge >= 0.3 is 0 Å². The van der Waals surface area contributed by atoms with Gasteiger partial charge in [0, 0.05) is 44.8 Å². The van der Waals surface area contributed by atoms with Gasteiger partial charge in [-0.2, -0.15) is 0 Å². The molecule has 1 aromatic heterocycles. The SMILES string of the molecule is O=C(CC1CCCN1)N1CCN(c2ncc(Cl)cc2Cl)CC1. The molecular formula is C15H20Cl2N4O. The van der Waals surface area contributed by atoms with Gasteiger partial charge in [0.05, 0.1) is 10.0 Å². The van der Waals surface area contributed by atoms with E-state index in [4.69, 9.17) is 23.2 Å². The Morgan fingerprint density at radius 3 is 2.73 bits per heavy atom. The second kappa shape index (κ2) is 7.02. The molecular weight excluding hydrogens is 323 g/mol. The van der Waals surface area contributed by atoms with E-state index >= 15 is 0 Å². The molecule has 0 radical (unpaired) electrons. The standard InChI is InChI=1S/C15H20Cl2N4O/c16-11-8-13(17)15(19-10-11)21-6-4-20(5-7-21)14(22)9-12-2-1-3-18-12/h8,10,12,18H,1-7,9H2. The van der Waals surface area contributed by atoms with Crippen molar-refractivity contribution in [1.29, 1.82) is 0 Å². The zero-order chi connectivity index (χ0) is 15.5. The lowest BCUT2D eigenvalue weighted by Gasteiger charge is -2.36. The molecule has 3 rings (SSSR count). The molecule has 1 amide bonds. The Bertz CT molecular complexity index is 540. The second-order valence-electron chi connectivity index (χ2n) is 5.82. The molecule has 5 nitrogen and oxygen atoms in total. The molecule has 0 bridgehead atoms. The lowest BCUT2D eigenvalue weighted by molar-refractivity contribution is -0.131. The molecule has 0 aromatic carbocycles. The molecule has 0 spiro atoms. The maximum atomic E-state index is 12.3. The Hall–Kier alpha value is -1.04. The molecule has 7 heteroatoms. The van der Waals surface area contributed by atoms with Crippen LogP contribution in [0.2, 0.25) is 10.0 Å². The number of carbonyl (C=O) groups excluding carboxylic acids is 1. The van der Waals surface area contributed by atoms with Crippen molar-refractivity contribution in [2.45, 2.75) is 25.3 Å². The van der Waals surface area contributed by atoms with E-state index in [0.29, 0.717) is 35.6 Å². The van der Waals surface area contributed by atoms with Crippen LogP contribution in [-0.4, -0.2) is 54.6 Å². The fourth-order valence-corrected chi connectivity index (χ4v) is 3.58.